The lowest BCUT2D eigenvalue weighted by molar-refractivity contribution is 0.775. The van der Waals surface area contributed by atoms with Gasteiger partial charge in [0.15, 0.2) is 0 Å². The third kappa shape index (κ3) is 2.09. The molecule has 0 amide bonds. The highest BCUT2D eigenvalue weighted by atomic mass is 35.5. The number of nitrogens with two attached hydrogens (primary N) is 1. The molecule has 1 heterocycles. The van der Waals surface area contributed by atoms with E-state index < -0.39 is 0 Å². The summed E-state index contributed by atoms with van der Waals surface area (Å²) in [5.41, 5.74) is 8.18. The molecule has 1 aliphatic heterocycles. The first-order valence-electron chi connectivity index (χ1n) is 5.81. The monoisotopic (exact) mass is 276 g/mol. The maximum Gasteiger partial charge on any atom is 0.0648 e. The Kier molecular flexibility index (Phi) is 3.20. The van der Waals surface area contributed by atoms with Crippen molar-refractivity contribution in [2.75, 3.05) is 11.9 Å². The van der Waals surface area contributed by atoms with Gasteiger partial charge in [0.2, 0.25) is 0 Å². The Morgan fingerprint density at radius 1 is 1.17 bits per heavy atom. The van der Waals surface area contributed by atoms with Crippen LogP contribution in [-0.2, 0) is 0 Å². The topological polar surface area (TPSA) is 38.0 Å². The molecule has 1 aliphatic rings. The number of halogens is 1. The van der Waals surface area contributed by atoms with Crippen molar-refractivity contribution in [3.05, 3.63) is 53.1 Å². The molecule has 1 unspecified atom stereocenters. The third-order valence-electron chi connectivity index (χ3n) is 3.02. The van der Waals surface area contributed by atoms with E-state index in [1.165, 1.54) is 15.4 Å². The number of anilines is 1. The first-order valence-corrected chi connectivity index (χ1v) is 7.00. The summed E-state index contributed by atoms with van der Waals surface area (Å²) in [4.78, 5) is 2.43. The van der Waals surface area contributed by atoms with Crippen LogP contribution >= 0.6 is 23.4 Å². The SMILES string of the molecule is NCC1Nc2ccccc2Sc2ccc(Cl)cc21. The van der Waals surface area contributed by atoms with Crippen molar-refractivity contribution in [3.63, 3.8) is 0 Å². The molecule has 0 spiro atoms. The molecule has 2 aromatic carbocycles. The standard InChI is InChI=1S/C14H13ClN2S/c15-9-5-6-13-10(7-9)12(8-16)17-11-3-1-2-4-14(11)18-13/h1-7,12,17H,8,16H2. The van der Waals surface area contributed by atoms with Crippen LogP contribution in [0.25, 0.3) is 0 Å². The number of fused-ring (bicyclic) bond motifs is 2. The van der Waals surface area contributed by atoms with Gasteiger partial charge in [0.1, 0.15) is 0 Å². The molecule has 2 nitrogen and oxygen atoms in total. The predicted octanol–water partition coefficient (Wildman–Crippen LogP) is 3.92. The van der Waals surface area contributed by atoms with Gasteiger partial charge in [-0.15, -0.1) is 0 Å². The summed E-state index contributed by atoms with van der Waals surface area (Å²) in [5.74, 6) is 0. The Hall–Kier alpha value is -1.16. The van der Waals surface area contributed by atoms with Gasteiger partial charge in [-0.2, -0.15) is 0 Å². The van der Waals surface area contributed by atoms with Crippen LogP contribution in [0.4, 0.5) is 5.69 Å². The molecule has 0 fully saturated rings. The molecule has 0 saturated carbocycles. The normalized spacial score (nSPS) is 17.3. The largest absolute Gasteiger partial charge is 0.376 e. The lowest BCUT2D eigenvalue weighted by atomic mass is 10.1. The Balaban J connectivity index is 2.14. The second-order valence-corrected chi connectivity index (χ2v) is 5.73. The van der Waals surface area contributed by atoms with Crippen LogP contribution in [0.3, 0.4) is 0 Å². The first-order chi connectivity index (χ1) is 8.78. The highest BCUT2D eigenvalue weighted by molar-refractivity contribution is 7.99. The van der Waals surface area contributed by atoms with E-state index in [9.17, 15) is 0 Å². The molecule has 1 atom stereocenters. The van der Waals surface area contributed by atoms with Crippen LogP contribution in [0, 0.1) is 0 Å². The smallest absolute Gasteiger partial charge is 0.0648 e. The van der Waals surface area contributed by atoms with Gasteiger partial charge in [-0.1, -0.05) is 35.5 Å². The Morgan fingerprint density at radius 3 is 2.83 bits per heavy atom. The van der Waals surface area contributed by atoms with Crippen LogP contribution in [-0.4, -0.2) is 6.54 Å². The van der Waals surface area contributed by atoms with E-state index in [4.69, 9.17) is 17.3 Å². The summed E-state index contributed by atoms with van der Waals surface area (Å²) in [6, 6.07) is 14.4. The fourth-order valence-corrected chi connectivity index (χ4v) is 3.39. The van der Waals surface area contributed by atoms with E-state index in [2.05, 4.69) is 23.5 Å². The fraction of sp³-hybridized carbons (Fsp3) is 0.143. The van der Waals surface area contributed by atoms with E-state index in [-0.39, 0.29) is 6.04 Å². The number of benzene rings is 2. The van der Waals surface area contributed by atoms with Crippen molar-refractivity contribution in [3.8, 4) is 0 Å². The van der Waals surface area contributed by atoms with E-state index in [0.29, 0.717) is 6.54 Å². The van der Waals surface area contributed by atoms with Crippen LogP contribution in [0.15, 0.2) is 52.3 Å². The lowest BCUT2D eigenvalue weighted by Gasteiger charge is -2.18. The molecule has 18 heavy (non-hydrogen) atoms. The summed E-state index contributed by atoms with van der Waals surface area (Å²) < 4.78 is 0. The Bertz CT molecular complexity index is 586. The van der Waals surface area contributed by atoms with Crippen molar-refractivity contribution in [1.29, 1.82) is 0 Å². The number of hydrogen-bond donors (Lipinski definition) is 2. The summed E-state index contributed by atoms with van der Waals surface area (Å²) in [7, 11) is 0. The van der Waals surface area contributed by atoms with Gasteiger partial charge in [0.05, 0.1) is 6.04 Å². The summed E-state index contributed by atoms with van der Waals surface area (Å²) in [6.45, 7) is 0.544. The molecule has 3 N–H and O–H groups in total. The fourth-order valence-electron chi connectivity index (χ4n) is 2.13. The molecule has 92 valence electrons. The minimum Gasteiger partial charge on any atom is -0.376 e. The summed E-state index contributed by atoms with van der Waals surface area (Å²) >= 11 is 7.84. The van der Waals surface area contributed by atoms with Gasteiger partial charge < -0.3 is 11.1 Å². The van der Waals surface area contributed by atoms with Crippen molar-refractivity contribution < 1.29 is 0 Å². The molecule has 0 bridgehead atoms. The van der Waals surface area contributed by atoms with Gasteiger partial charge in [-0.25, -0.2) is 0 Å². The summed E-state index contributed by atoms with van der Waals surface area (Å²) in [5, 5.41) is 4.24. The second-order valence-electron chi connectivity index (χ2n) is 4.21. The second kappa shape index (κ2) is 4.84. The highest BCUT2D eigenvalue weighted by Crippen LogP contribution is 2.42. The zero-order valence-corrected chi connectivity index (χ0v) is 11.3. The van der Waals surface area contributed by atoms with Gasteiger partial charge >= 0.3 is 0 Å². The van der Waals surface area contributed by atoms with Gasteiger partial charge in [0, 0.05) is 27.0 Å². The van der Waals surface area contributed by atoms with Crippen LogP contribution in [0.2, 0.25) is 5.02 Å². The summed E-state index contributed by atoms with van der Waals surface area (Å²) in [6.07, 6.45) is 0. The number of rotatable bonds is 1. The minimum atomic E-state index is 0.106. The highest BCUT2D eigenvalue weighted by Gasteiger charge is 2.20. The lowest BCUT2D eigenvalue weighted by Crippen LogP contribution is -2.20. The quantitative estimate of drug-likeness (QED) is 0.829. The molecule has 4 heteroatoms. The average molecular weight is 277 g/mol. The molecule has 0 aromatic heterocycles. The number of nitrogens with one attached hydrogen (secondary N) is 1. The van der Waals surface area contributed by atoms with Gasteiger partial charge in [-0.3, -0.25) is 0 Å². The van der Waals surface area contributed by atoms with Gasteiger partial charge in [0.25, 0.3) is 0 Å². The first kappa shape index (κ1) is 11.9. The van der Waals surface area contributed by atoms with Crippen molar-refractivity contribution >= 4 is 29.1 Å². The van der Waals surface area contributed by atoms with Crippen molar-refractivity contribution in [2.24, 2.45) is 5.73 Å². The molecule has 3 rings (SSSR count). The zero-order chi connectivity index (χ0) is 12.5. The Labute approximate surface area is 116 Å². The van der Waals surface area contributed by atoms with E-state index in [1.54, 1.807) is 11.8 Å². The molecule has 0 saturated heterocycles. The van der Waals surface area contributed by atoms with Crippen LogP contribution in [0.1, 0.15) is 11.6 Å². The predicted molar refractivity (Wildman–Crippen MR) is 77.4 cm³/mol. The zero-order valence-electron chi connectivity index (χ0n) is 9.69. The van der Waals surface area contributed by atoms with E-state index in [1.807, 2.05) is 24.3 Å². The maximum absolute atomic E-state index is 6.09. The van der Waals surface area contributed by atoms with Gasteiger partial charge in [-0.05, 0) is 35.9 Å². The van der Waals surface area contributed by atoms with E-state index >= 15 is 0 Å². The number of para-hydroxylation sites is 1. The Morgan fingerprint density at radius 2 is 2.00 bits per heavy atom. The maximum atomic E-state index is 6.09. The van der Waals surface area contributed by atoms with Crippen LogP contribution in [0.5, 0.6) is 0 Å². The minimum absolute atomic E-state index is 0.106. The molecule has 0 aliphatic carbocycles. The van der Waals surface area contributed by atoms with Crippen molar-refractivity contribution in [1.82, 2.24) is 0 Å². The van der Waals surface area contributed by atoms with Crippen LogP contribution < -0.4 is 11.1 Å². The molecular formula is C14H13ClN2S. The van der Waals surface area contributed by atoms with Crippen molar-refractivity contribution in [2.45, 2.75) is 15.8 Å². The molecule has 2 aromatic rings. The van der Waals surface area contributed by atoms with E-state index in [0.717, 1.165) is 10.7 Å². The third-order valence-corrected chi connectivity index (χ3v) is 4.42. The number of hydrogen-bond acceptors (Lipinski definition) is 3. The molecule has 0 radical (unpaired) electrons. The molecular weight excluding hydrogens is 264 g/mol. The average Bonchev–Trinajstić information content (AvgIpc) is 2.54.